The van der Waals surface area contributed by atoms with Crippen LogP contribution < -0.4 is 16.3 Å². The van der Waals surface area contributed by atoms with Crippen LogP contribution >= 0.6 is 0 Å². The molecule has 1 aromatic carbocycles. The Labute approximate surface area is 156 Å². The third kappa shape index (κ3) is 3.94. The molecule has 2 N–H and O–H groups in total. The van der Waals surface area contributed by atoms with Crippen LogP contribution in [0.25, 0.3) is 0 Å². The first-order chi connectivity index (χ1) is 13.1. The van der Waals surface area contributed by atoms with E-state index >= 15 is 0 Å². The molecular weight excluding hydrogens is 346 g/mol. The van der Waals surface area contributed by atoms with Crippen molar-refractivity contribution in [1.29, 1.82) is 0 Å². The molecule has 1 aliphatic heterocycles. The first kappa shape index (κ1) is 17.5. The quantitative estimate of drug-likeness (QED) is 0.830. The summed E-state index contributed by atoms with van der Waals surface area (Å²) in [5, 5.41) is 9.99. The summed E-state index contributed by atoms with van der Waals surface area (Å²) in [5.74, 6) is 0.172. The van der Waals surface area contributed by atoms with E-state index in [1.165, 1.54) is 4.68 Å². The minimum Gasteiger partial charge on any atom is -0.349 e. The summed E-state index contributed by atoms with van der Waals surface area (Å²) in [6.07, 6.45) is 5.79. The average molecular weight is 369 g/mol. The molecule has 2 heterocycles. The predicted molar refractivity (Wildman–Crippen MR) is 99.6 cm³/mol. The number of aryl methyl sites for hydroxylation is 1. The van der Waals surface area contributed by atoms with E-state index in [4.69, 9.17) is 0 Å². The van der Waals surface area contributed by atoms with E-state index in [1.807, 2.05) is 0 Å². The lowest BCUT2D eigenvalue weighted by atomic mass is 10.1. The number of carbonyl (C=O) groups is 2. The van der Waals surface area contributed by atoms with E-state index in [2.05, 4.69) is 15.7 Å². The molecular formula is C19H23N5O3. The predicted octanol–water partition coefficient (Wildman–Crippen LogP) is 1.30. The SMILES string of the molecule is O=C(Cn1nc2n(c1=O)CCCCC2)Nc1ccccc1C(=O)NC1CC1. The highest BCUT2D eigenvalue weighted by atomic mass is 16.2. The second-order valence-corrected chi connectivity index (χ2v) is 7.16. The molecule has 0 atom stereocenters. The van der Waals surface area contributed by atoms with Crippen molar-refractivity contribution < 1.29 is 9.59 Å². The summed E-state index contributed by atoms with van der Waals surface area (Å²) in [6.45, 7) is 0.484. The van der Waals surface area contributed by atoms with Gasteiger partial charge in [0.15, 0.2) is 0 Å². The molecule has 0 saturated heterocycles. The van der Waals surface area contributed by atoms with Crippen molar-refractivity contribution in [1.82, 2.24) is 19.7 Å². The van der Waals surface area contributed by atoms with Gasteiger partial charge in [0.2, 0.25) is 5.91 Å². The largest absolute Gasteiger partial charge is 0.349 e. The third-order valence-corrected chi connectivity index (χ3v) is 4.93. The van der Waals surface area contributed by atoms with Gasteiger partial charge >= 0.3 is 5.69 Å². The van der Waals surface area contributed by atoms with Crippen LogP contribution in [-0.2, 0) is 24.3 Å². The number of carbonyl (C=O) groups excluding carboxylic acids is 2. The molecule has 0 bridgehead atoms. The van der Waals surface area contributed by atoms with Gasteiger partial charge in [-0.25, -0.2) is 9.48 Å². The topological polar surface area (TPSA) is 98.0 Å². The maximum atomic E-state index is 12.5. The highest BCUT2D eigenvalue weighted by Gasteiger charge is 2.25. The zero-order valence-electron chi connectivity index (χ0n) is 15.1. The van der Waals surface area contributed by atoms with Crippen molar-refractivity contribution in [3.05, 3.63) is 46.1 Å². The lowest BCUT2D eigenvalue weighted by Gasteiger charge is -2.11. The molecule has 1 aromatic heterocycles. The van der Waals surface area contributed by atoms with Gasteiger partial charge in [0.1, 0.15) is 12.4 Å². The monoisotopic (exact) mass is 369 g/mol. The van der Waals surface area contributed by atoms with Crippen LogP contribution in [0.4, 0.5) is 5.69 Å². The Hall–Kier alpha value is -2.90. The van der Waals surface area contributed by atoms with E-state index in [1.54, 1.807) is 28.8 Å². The van der Waals surface area contributed by atoms with E-state index in [0.29, 0.717) is 17.8 Å². The van der Waals surface area contributed by atoms with Gasteiger partial charge in [0.05, 0.1) is 11.3 Å². The van der Waals surface area contributed by atoms with E-state index < -0.39 is 0 Å². The van der Waals surface area contributed by atoms with Gasteiger partial charge < -0.3 is 10.6 Å². The maximum absolute atomic E-state index is 12.5. The highest BCUT2D eigenvalue weighted by molar-refractivity contribution is 6.03. The van der Waals surface area contributed by atoms with Gasteiger partial charge in [-0.05, 0) is 37.8 Å². The molecule has 2 aliphatic rings. The molecule has 2 aromatic rings. The minimum absolute atomic E-state index is 0.169. The Bertz CT molecular complexity index is 926. The molecule has 1 aliphatic carbocycles. The zero-order valence-corrected chi connectivity index (χ0v) is 15.1. The number of nitrogens with one attached hydrogen (secondary N) is 2. The van der Waals surface area contributed by atoms with Gasteiger partial charge in [-0.2, -0.15) is 5.10 Å². The van der Waals surface area contributed by atoms with Crippen molar-refractivity contribution >= 4 is 17.5 Å². The second kappa shape index (κ2) is 7.38. The summed E-state index contributed by atoms with van der Waals surface area (Å²) in [6, 6.07) is 7.12. The standard InChI is InChI=1S/C19H23N5O3/c25-17(12-24-19(27)23-11-5-1-2-8-16(23)22-24)21-15-7-4-3-6-14(15)18(26)20-13-9-10-13/h3-4,6-7,13H,1-2,5,8-12H2,(H,20,26)(H,21,25). The van der Waals surface area contributed by atoms with Crippen molar-refractivity contribution in [2.45, 2.75) is 57.7 Å². The molecule has 0 spiro atoms. The normalized spacial score (nSPS) is 16.3. The van der Waals surface area contributed by atoms with Crippen LogP contribution in [0.15, 0.2) is 29.1 Å². The summed E-state index contributed by atoms with van der Waals surface area (Å²) in [4.78, 5) is 37.3. The molecule has 142 valence electrons. The fraction of sp³-hybridized carbons (Fsp3) is 0.474. The average Bonchev–Trinajstić information content (AvgIpc) is 3.45. The fourth-order valence-corrected chi connectivity index (χ4v) is 3.33. The van der Waals surface area contributed by atoms with Gasteiger partial charge in [-0.3, -0.25) is 14.2 Å². The van der Waals surface area contributed by atoms with E-state index in [9.17, 15) is 14.4 Å². The minimum atomic E-state index is -0.378. The number of rotatable bonds is 5. The molecule has 4 rings (SSSR count). The number of para-hydroxylation sites is 1. The van der Waals surface area contributed by atoms with Gasteiger partial charge in [-0.1, -0.05) is 18.6 Å². The number of hydrogen-bond donors (Lipinski definition) is 2. The molecule has 27 heavy (non-hydrogen) atoms. The number of fused-ring (bicyclic) bond motifs is 1. The first-order valence-corrected chi connectivity index (χ1v) is 9.48. The molecule has 0 unspecified atom stereocenters. The second-order valence-electron chi connectivity index (χ2n) is 7.16. The van der Waals surface area contributed by atoms with Crippen LogP contribution in [0.1, 0.15) is 48.3 Å². The smallest absolute Gasteiger partial charge is 0.346 e. The van der Waals surface area contributed by atoms with Gasteiger partial charge in [0.25, 0.3) is 5.91 Å². The van der Waals surface area contributed by atoms with Crippen molar-refractivity contribution in [3.8, 4) is 0 Å². The van der Waals surface area contributed by atoms with E-state index in [-0.39, 0.29) is 30.1 Å². The van der Waals surface area contributed by atoms with Crippen molar-refractivity contribution in [2.75, 3.05) is 5.32 Å². The summed E-state index contributed by atoms with van der Waals surface area (Å²) < 4.78 is 2.88. The summed E-state index contributed by atoms with van der Waals surface area (Å²) in [7, 11) is 0. The van der Waals surface area contributed by atoms with Gasteiger partial charge in [0, 0.05) is 19.0 Å². The number of anilines is 1. The fourth-order valence-electron chi connectivity index (χ4n) is 3.33. The van der Waals surface area contributed by atoms with Crippen molar-refractivity contribution in [3.63, 3.8) is 0 Å². The summed E-state index contributed by atoms with van der Waals surface area (Å²) >= 11 is 0. The van der Waals surface area contributed by atoms with Crippen LogP contribution in [0.2, 0.25) is 0 Å². The first-order valence-electron chi connectivity index (χ1n) is 9.48. The molecule has 1 fully saturated rings. The number of aromatic nitrogens is 3. The van der Waals surface area contributed by atoms with Crippen LogP contribution in [0.3, 0.4) is 0 Å². The van der Waals surface area contributed by atoms with Crippen LogP contribution in [0.5, 0.6) is 0 Å². The lowest BCUT2D eigenvalue weighted by Crippen LogP contribution is -2.31. The Morgan fingerprint density at radius 3 is 2.78 bits per heavy atom. The van der Waals surface area contributed by atoms with Crippen molar-refractivity contribution in [2.24, 2.45) is 0 Å². The Morgan fingerprint density at radius 2 is 1.96 bits per heavy atom. The van der Waals surface area contributed by atoms with E-state index in [0.717, 1.165) is 44.3 Å². The Morgan fingerprint density at radius 1 is 1.15 bits per heavy atom. The third-order valence-electron chi connectivity index (χ3n) is 4.93. The molecule has 8 heteroatoms. The lowest BCUT2D eigenvalue weighted by molar-refractivity contribution is -0.117. The van der Waals surface area contributed by atoms with Gasteiger partial charge in [-0.15, -0.1) is 0 Å². The number of amides is 2. The van der Waals surface area contributed by atoms with Crippen LogP contribution in [0, 0.1) is 0 Å². The number of hydrogen-bond acceptors (Lipinski definition) is 4. The highest BCUT2D eigenvalue weighted by Crippen LogP contribution is 2.21. The molecule has 0 radical (unpaired) electrons. The number of benzene rings is 1. The molecule has 2 amide bonds. The number of nitrogens with zero attached hydrogens (tertiary/aromatic N) is 3. The Kier molecular flexibility index (Phi) is 4.79. The Balaban J connectivity index is 1.47. The summed E-state index contributed by atoms with van der Waals surface area (Å²) in [5.41, 5.74) is 0.613. The maximum Gasteiger partial charge on any atom is 0.346 e. The van der Waals surface area contributed by atoms with Crippen LogP contribution in [-0.4, -0.2) is 32.2 Å². The molecule has 8 nitrogen and oxygen atoms in total. The molecule has 1 saturated carbocycles. The zero-order chi connectivity index (χ0) is 18.8.